The normalized spacial score (nSPS) is 10.7. The minimum atomic E-state index is 0.433. The molecule has 19 heavy (non-hydrogen) atoms. The second kappa shape index (κ2) is 6.08. The van der Waals surface area contributed by atoms with Gasteiger partial charge in [-0.25, -0.2) is 0 Å². The Bertz CT molecular complexity index is 510. The monoisotopic (exact) mass is 261 g/mol. The molecule has 0 amide bonds. The lowest BCUT2D eigenvalue weighted by Crippen LogP contribution is -2.09. The van der Waals surface area contributed by atoms with Gasteiger partial charge in [0.1, 0.15) is 5.82 Å². The highest BCUT2D eigenvalue weighted by Crippen LogP contribution is 2.21. The van der Waals surface area contributed by atoms with Gasteiger partial charge in [-0.3, -0.25) is 5.10 Å². The Labute approximate surface area is 112 Å². The van der Waals surface area contributed by atoms with Crippen LogP contribution in [0.3, 0.4) is 0 Å². The molecule has 0 saturated carbocycles. The lowest BCUT2D eigenvalue weighted by molar-refractivity contribution is 0.263. The van der Waals surface area contributed by atoms with Crippen molar-refractivity contribution >= 4 is 11.5 Å². The first-order valence-corrected chi connectivity index (χ1v) is 6.26. The molecule has 2 heterocycles. The molecule has 0 aromatic carbocycles. The number of hydrogen-bond acceptors (Lipinski definition) is 5. The summed E-state index contributed by atoms with van der Waals surface area (Å²) in [5.74, 6) is 1.63. The molecule has 0 aliphatic heterocycles. The molecule has 0 aliphatic rings. The van der Waals surface area contributed by atoms with E-state index in [1.54, 1.807) is 12.3 Å². The van der Waals surface area contributed by atoms with E-state index in [0.29, 0.717) is 30.6 Å². The van der Waals surface area contributed by atoms with E-state index in [1.807, 2.05) is 12.1 Å². The summed E-state index contributed by atoms with van der Waals surface area (Å²) >= 11 is 0. The molecule has 6 nitrogen and oxygen atoms in total. The van der Waals surface area contributed by atoms with E-state index in [1.165, 1.54) is 0 Å². The summed E-state index contributed by atoms with van der Waals surface area (Å²) < 4.78 is 5.58. The molecular formula is C13H19N5O. The fourth-order valence-electron chi connectivity index (χ4n) is 1.48. The number of nitrogen functional groups attached to an aromatic ring is 1. The number of H-pyrrole nitrogens is 1. The number of anilines is 2. The van der Waals surface area contributed by atoms with Gasteiger partial charge in [0.15, 0.2) is 0 Å². The van der Waals surface area contributed by atoms with Crippen molar-refractivity contribution < 1.29 is 4.74 Å². The van der Waals surface area contributed by atoms with Gasteiger partial charge in [-0.15, -0.1) is 0 Å². The van der Waals surface area contributed by atoms with E-state index in [2.05, 4.69) is 34.3 Å². The summed E-state index contributed by atoms with van der Waals surface area (Å²) in [4.78, 5) is 4.35. The highest BCUT2D eigenvalue weighted by Gasteiger charge is 2.06. The number of nitrogens with two attached hydrogens (primary N) is 1. The van der Waals surface area contributed by atoms with Crippen LogP contribution in [0.4, 0.5) is 11.5 Å². The molecule has 0 radical (unpaired) electrons. The van der Waals surface area contributed by atoms with Crippen molar-refractivity contribution in [2.24, 2.45) is 5.92 Å². The molecule has 0 aliphatic carbocycles. The van der Waals surface area contributed by atoms with Crippen molar-refractivity contribution in [2.75, 3.05) is 17.7 Å². The first kappa shape index (κ1) is 13.2. The van der Waals surface area contributed by atoms with Crippen LogP contribution < -0.4 is 15.8 Å². The van der Waals surface area contributed by atoms with E-state index in [9.17, 15) is 0 Å². The molecule has 2 aromatic heterocycles. The summed E-state index contributed by atoms with van der Waals surface area (Å²) in [6.07, 6.45) is 1.71. The van der Waals surface area contributed by atoms with Crippen molar-refractivity contribution in [3.05, 3.63) is 30.1 Å². The van der Waals surface area contributed by atoms with Gasteiger partial charge in [0, 0.05) is 6.20 Å². The minimum absolute atomic E-state index is 0.433. The van der Waals surface area contributed by atoms with Crippen LogP contribution in [0.5, 0.6) is 5.88 Å². The minimum Gasteiger partial charge on any atom is -0.476 e. The summed E-state index contributed by atoms with van der Waals surface area (Å²) in [5, 5.41) is 9.95. The summed E-state index contributed by atoms with van der Waals surface area (Å²) in [7, 11) is 0. The number of hydrogen-bond donors (Lipinski definition) is 3. The van der Waals surface area contributed by atoms with Gasteiger partial charge in [0.2, 0.25) is 5.88 Å². The van der Waals surface area contributed by atoms with Gasteiger partial charge < -0.3 is 15.8 Å². The van der Waals surface area contributed by atoms with Gasteiger partial charge in [-0.05, 0) is 24.1 Å². The molecule has 2 aromatic rings. The zero-order chi connectivity index (χ0) is 13.7. The van der Waals surface area contributed by atoms with Crippen LogP contribution >= 0.6 is 0 Å². The van der Waals surface area contributed by atoms with E-state index in [0.717, 1.165) is 11.5 Å². The van der Waals surface area contributed by atoms with Crippen LogP contribution in [-0.4, -0.2) is 21.8 Å². The quantitative estimate of drug-likeness (QED) is 0.740. The lowest BCUT2D eigenvalue weighted by Gasteiger charge is -2.11. The molecule has 0 atom stereocenters. The van der Waals surface area contributed by atoms with Crippen molar-refractivity contribution in [2.45, 2.75) is 20.4 Å². The predicted molar refractivity (Wildman–Crippen MR) is 74.9 cm³/mol. The van der Waals surface area contributed by atoms with Gasteiger partial charge in [0.05, 0.1) is 24.5 Å². The van der Waals surface area contributed by atoms with E-state index >= 15 is 0 Å². The van der Waals surface area contributed by atoms with Crippen LogP contribution in [-0.2, 0) is 6.54 Å². The Morgan fingerprint density at radius 3 is 2.89 bits per heavy atom. The Morgan fingerprint density at radius 2 is 2.21 bits per heavy atom. The predicted octanol–water partition coefficient (Wildman–Crippen LogP) is 2.03. The fraction of sp³-hybridized carbons (Fsp3) is 0.385. The number of ether oxygens (including phenoxy) is 1. The van der Waals surface area contributed by atoms with E-state index < -0.39 is 0 Å². The maximum Gasteiger partial charge on any atom is 0.239 e. The molecule has 102 valence electrons. The van der Waals surface area contributed by atoms with Crippen molar-refractivity contribution in [1.82, 2.24) is 15.2 Å². The molecule has 0 saturated heterocycles. The zero-order valence-corrected chi connectivity index (χ0v) is 11.2. The summed E-state index contributed by atoms with van der Waals surface area (Å²) in [6.45, 7) is 5.38. The van der Waals surface area contributed by atoms with E-state index in [4.69, 9.17) is 10.5 Å². The average molecular weight is 261 g/mol. The third-order valence-electron chi connectivity index (χ3n) is 2.46. The standard InChI is InChI=1S/C13H19N5O/c1-9(2)8-19-13-11(14)3-4-12(17-13)15-7-10-5-6-16-18-10/h3-6,9H,7-8,14H2,1-2H3,(H,15,17)(H,16,18). The largest absolute Gasteiger partial charge is 0.476 e. The van der Waals surface area contributed by atoms with Crippen molar-refractivity contribution in [3.8, 4) is 5.88 Å². The van der Waals surface area contributed by atoms with Crippen LogP contribution in [0.1, 0.15) is 19.5 Å². The first-order chi connectivity index (χ1) is 9.15. The zero-order valence-electron chi connectivity index (χ0n) is 11.2. The highest BCUT2D eigenvalue weighted by atomic mass is 16.5. The number of pyridine rings is 1. The third-order valence-corrected chi connectivity index (χ3v) is 2.46. The summed E-state index contributed by atoms with van der Waals surface area (Å²) in [6, 6.07) is 5.52. The van der Waals surface area contributed by atoms with Crippen LogP contribution in [0.25, 0.3) is 0 Å². The van der Waals surface area contributed by atoms with Gasteiger partial charge in [-0.2, -0.15) is 10.1 Å². The maximum absolute atomic E-state index is 5.83. The Balaban J connectivity index is 1.99. The molecule has 2 rings (SSSR count). The number of nitrogens with zero attached hydrogens (tertiary/aromatic N) is 2. The van der Waals surface area contributed by atoms with Crippen molar-refractivity contribution in [3.63, 3.8) is 0 Å². The molecule has 0 unspecified atom stereocenters. The van der Waals surface area contributed by atoms with E-state index in [-0.39, 0.29) is 0 Å². The second-order valence-electron chi connectivity index (χ2n) is 4.73. The van der Waals surface area contributed by atoms with Crippen LogP contribution in [0.2, 0.25) is 0 Å². The van der Waals surface area contributed by atoms with Crippen molar-refractivity contribution in [1.29, 1.82) is 0 Å². The fourth-order valence-corrected chi connectivity index (χ4v) is 1.48. The molecule has 4 N–H and O–H groups in total. The topological polar surface area (TPSA) is 88.8 Å². The maximum atomic E-state index is 5.83. The number of aromatic amines is 1. The highest BCUT2D eigenvalue weighted by molar-refractivity contribution is 5.53. The Kier molecular flexibility index (Phi) is 4.22. The SMILES string of the molecule is CC(C)COc1nc(NCc2ccn[nH]2)ccc1N. The molecule has 0 spiro atoms. The first-order valence-electron chi connectivity index (χ1n) is 6.26. The van der Waals surface area contributed by atoms with Gasteiger partial charge in [0.25, 0.3) is 0 Å². The van der Waals surface area contributed by atoms with Crippen LogP contribution in [0, 0.1) is 5.92 Å². The average Bonchev–Trinajstić information content (AvgIpc) is 2.89. The van der Waals surface area contributed by atoms with Crippen LogP contribution in [0.15, 0.2) is 24.4 Å². The Hall–Kier alpha value is -2.24. The summed E-state index contributed by atoms with van der Waals surface area (Å²) in [5.41, 5.74) is 7.37. The third kappa shape index (κ3) is 3.87. The Morgan fingerprint density at radius 1 is 1.37 bits per heavy atom. The van der Waals surface area contributed by atoms with Gasteiger partial charge in [-0.1, -0.05) is 13.8 Å². The lowest BCUT2D eigenvalue weighted by atomic mass is 10.2. The van der Waals surface area contributed by atoms with Gasteiger partial charge >= 0.3 is 0 Å². The molecule has 6 heteroatoms. The second-order valence-corrected chi connectivity index (χ2v) is 4.73. The smallest absolute Gasteiger partial charge is 0.239 e. The molecule has 0 fully saturated rings. The number of aromatic nitrogens is 3. The number of nitrogens with one attached hydrogen (secondary N) is 2. The molecular weight excluding hydrogens is 242 g/mol. The number of rotatable bonds is 6. The molecule has 0 bridgehead atoms.